The van der Waals surface area contributed by atoms with Crippen LogP contribution in [0.4, 0.5) is 0 Å². The van der Waals surface area contributed by atoms with E-state index in [0.29, 0.717) is 19.8 Å². The number of halogens is 1. The third-order valence-electron chi connectivity index (χ3n) is 3.66. The molecule has 2 rings (SSSR count). The molecule has 0 saturated heterocycles. The van der Waals surface area contributed by atoms with Crippen LogP contribution in [0.1, 0.15) is 11.1 Å². The molecular formula is C18H28IN5O2. The second kappa shape index (κ2) is 12.5. The number of guanidine groups is 1. The Morgan fingerprint density at radius 1 is 1.27 bits per heavy atom. The number of nitrogens with one attached hydrogen (secondary N) is 2. The van der Waals surface area contributed by atoms with Crippen LogP contribution in [0.3, 0.4) is 0 Å². The van der Waals surface area contributed by atoms with Gasteiger partial charge in [0, 0.05) is 51.7 Å². The first-order valence-electron chi connectivity index (χ1n) is 8.34. The number of nitrogens with zero attached hydrogens (tertiary/aromatic N) is 3. The van der Waals surface area contributed by atoms with Crippen LogP contribution in [0.5, 0.6) is 5.75 Å². The normalized spacial score (nSPS) is 11.0. The lowest BCUT2D eigenvalue weighted by molar-refractivity contribution is 0.145. The lowest BCUT2D eigenvalue weighted by Gasteiger charge is -2.15. The second-order valence-corrected chi connectivity index (χ2v) is 5.61. The molecule has 1 aromatic carbocycles. The molecule has 1 heterocycles. The van der Waals surface area contributed by atoms with Gasteiger partial charge in [-0.25, -0.2) is 4.98 Å². The van der Waals surface area contributed by atoms with Crippen LogP contribution in [0.2, 0.25) is 0 Å². The van der Waals surface area contributed by atoms with E-state index >= 15 is 0 Å². The molecule has 0 aliphatic rings. The van der Waals surface area contributed by atoms with E-state index in [1.807, 2.05) is 16.8 Å². The summed E-state index contributed by atoms with van der Waals surface area (Å²) in [5.74, 6) is 1.63. The maximum atomic E-state index is 5.82. The highest BCUT2D eigenvalue weighted by molar-refractivity contribution is 14.0. The highest BCUT2D eigenvalue weighted by Gasteiger charge is 2.06. The van der Waals surface area contributed by atoms with Crippen molar-refractivity contribution < 1.29 is 9.47 Å². The number of hydrogen-bond donors (Lipinski definition) is 2. The second-order valence-electron chi connectivity index (χ2n) is 5.61. The number of ether oxygens (including phenoxy) is 2. The Morgan fingerprint density at radius 3 is 2.81 bits per heavy atom. The molecule has 0 bridgehead atoms. The van der Waals surface area contributed by atoms with E-state index in [-0.39, 0.29) is 24.0 Å². The van der Waals surface area contributed by atoms with Gasteiger partial charge >= 0.3 is 0 Å². The van der Waals surface area contributed by atoms with Gasteiger partial charge < -0.3 is 24.7 Å². The van der Waals surface area contributed by atoms with Gasteiger partial charge in [-0.05, 0) is 18.6 Å². The van der Waals surface area contributed by atoms with Crippen molar-refractivity contribution in [3.63, 3.8) is 0 Å². The van der Waals surface area contributed by atoms with Crippen molar-refractivity contribution in [1.82, 2.24) is 20.2 Å². The van der Waals surface area contributed by atoms with Gasteiger partial charge in [-0.3, -0.25) is 4.99 Å². The molecule has 0 unspecified atom stereocenters. The summed E-state index contributed by atoms with van der Waals surface area (Å²) < 4.78 is 12.9. The van der Waals surface area contributed by atoms with Crippen LogP contribution in [-0.2, 0) is 17.8 Å². The minimum absolute atomic E-state index is 0. The number of hydrogen-bond acceptors (Lipinski definition) is 4. The maximum Gasteiger partial charge on any atom is 0.191 e. The van der Waals surface area contributed by atoms with Crippen molar-refractivity contribution in [1.29, 1.82) is 0 Å². The molecule has 2 aromatic rings. The molecule has 0 saturated carbocycles. The fourth-order valence-electron chi connectivity index (χ4n) is 2.30. The highest BCUT2D eigenvalue weighted by Crippen LogP contribution is 2.20. The Bertz CT molecular complexity index is 662. The van der Waals surface area contributed by atoms with E-state index in [4.69, 9.17) is 9.47 Å². The van der Waals surface area contributed by atoms with Crippen molar-refractivity contribution in [3.8, 4) is 5.75 Å². The predicted octanol–water partition coefficient (Wildman–Crippen LogP) is 2.20. The lowest BCUT2D eigenvalue weighted by atomic mass is 10.1. The number of aryl methyl sites for hydroxylation is 1. The summed E-state index contributed by atoms with van der Waals surface area (Å²) in [4.78, 5) is 8.28. The van der Waals surface area contributed by atoms with Gasteiger partial charge in [0.2, 0.25) is 0 Å². The topological polar surface area (TPSA) is 72.7 Å². The fourth-order valence-corrected chi connectivity index (χ4v) is 2.30. The minimum Gasteiger partial charge on any atom is -0.491 e. The molecular weight excluding hydrogens is 445 g/mol. The highest BCUT2D eigenvalue weighted by atomic mass is 127. The Kier molecular flexibility index (Phi) is 10.7. The third kappa shape index (κ3) is 7.61. The van der Waals surface area contributed by atoms with Crippen LogP contribution in [0, 0.1) is 6.92 Å². The number of imidazole rings is 1. The van der Waals surface area contributed by atoms with Crippen molar-refractivity contribution >= 4 is 29.9 Å². The minimum atomic E-state index is 0. The third-order valence-corrected chi connectivity index (χ3v) is 3.66. The van der Waals surface area contributed by atoms with Crippen molar-refractivity contribution in [3.05, 3.63) is 48.0 Å². The number of aliphatic imine (C=N–C) groups is 1. The van der Waals surface area contributed by atoms with Gasteiger partial charge in [-0.15, -0.1) is 24.0 Å². The zero-order valence-electron chi connectivity index (χ0n) is 15.6. The molecule has 0 spiro atoms. The van der Waals surface area contributed by atoms with Gasteiger partial charge in [0.25, 0.3) is 0 Å². The number of aromatic nitrogens is 2. The Hall–Kier alpha value is -1.81. The van der Waals surface area contributed by atoms with Crippen molar-refractivity contribution in [2.24, 2.45) is 4.99 Å². The number of rotatable bonds is 9. The Morgan fingerprint density at radius 2 is 2.12 bits per heavy atom. The summed E-state index contributed by atoms with van der Waals surface area (Å²) in [5, 5.41) is 6.61. The van der Waals surface area contributed by atoms with E-state index in [1.165, 1.54) is 5.56 Å². The quantitative estimate of drug-likeness (QED) is 0.253. The van der Waals surface area contributed by atoms with Crippen molar-refractivity contribution in [2.45, 2.75) is 20.0 Å². The molecule has 7 nitrogen and oxygen atoms in total. The lowest BCUT2D eigenvalue weighted by Crippen LogP contribution is -2.38. The molecule has 2 N–H and O–H groups in total. The summed E-state index contributed by atoms with van der Waals surface area (Å²) in [7, 11) is 3.43. The van der Waals surface area contributed by atoms with Crippen LogP contribution in [0.25, 0.3) is 0 Å². The number of methoxy groups -OCH3 is 1. The van der Waals surface area contributed by atoms with E-state index in [1.54, 1.807) is 26.7 Å². The van der Waals surface area contributed by atoms with E-state index < -0.39 is 0 Å². The summed E-state index contributed by atoms with van der Waals surface area (Å²) in [6.07, 6.45) is 5.51. The van der Waals surface area contributed by atoms with Gasteiger partial charge in [-0.1, -0.05) is 12.1 Å². The van der Waals surface area contributed by atoms with Gasteiger partial charge in [-0.2, -0.15) is 0 Å². The SMILES string of the molecule is CN=C(NCCn1ccnc1)NCc1ccc(C)cc1OCCOC.I. The zero-order valence-corrected chi connectivity index (χ0v) is 17.9. The molecule has 0 aliphatic carbocycles. The largest absolute Gasteiger partial charge is 0.491 e. The maximum absolute atomic E-state index is 5.82. The van der Waals surface area contributed by atoms with E-state index in [0.717, 1.165) is 30.4 Å². The summed E-state index contributed by atoms with van der Waals surface area (Å²) in [5.41, 5.74) is 2.25. The van der Waals surface area contributed by atoms with E-state index in [9.17, 15) is 0 Å². The molecule has 0 fully saturated rings. The first-order valence-corrected chi connectivity index (χ1v) is 8.34. The Balaban J connectivity index is 0.00000338. The molecule has 0 atom stereocenters. The summed E-state index contributed by atoms with van der Waals surface area (Å²) in [6.45, 7) is 5.38. The van der Waals surface area contributed by atoms with Gasteiger partial charge in [0.1, 0.15) is 12.4 Å². The first-order chi connectivity index (χ1) is 12.2. The van der Waals surface area contributed by atoms with Crippen LogP contribution < -0.4 is 15.4 Å². The molecule has 8 heteroatoms. The van der Waals surface area contributed by atoms with Gasteiger partial charge in [0.05, 0.1) is 12.9 Å². The molecule has 0 amide bonds. The molecule has 0 radical (unpaired) electrons. The summed E-state index contributed by atoms with van der Waals surface area (Å²) in [6, 6.07) is 6.20. The van der Waals surface area contributed by atoms with Crippen LogP contribution in [-0.4, -0.2) is 49.4 Å². The Labute approximate surface area is 172 Å². The van der Waals surface area contributed by atoms with Crippen molar-refractivity contribution in [2.75, 3.05) is 33.9 Å². The average molecular weight is 473 g/mol. The zero-order chi connectivity index (χ0) is 17.9. The fraction of sp³-hybridized carbons (Fsp3) is 0.444. The smallest absolute Gasteiger partial charge is 0.191 e. The van der Waals surface area contributed by atoms with Crippen LogP contribution >= 0.6 is 24.0 Å². The molecule has 1 aromatic heterocycles. The monoisotopic (exact) mass is 473 g/mol. The standard InChI is InChI=1S/C18H27N5O2.HI/c1-15-4-5-16(17(12-15)25-11-10-24-3)13-22-18(19-2)21-7-9-23-8-6-20-14-23;/h4-6,8,12,14H,7,9-11,13H2,1-3H3,(H2,19,21,22);1H. The molecule has 0 aliphatic heterocycles. The average Bonchev–Trinajstić information content (AvgIpc) is 3.13. The van der Waals surface area contributed by atoms with E-state index in [2.05, 4.69) is 39.7 Å². The molecule has 144 valence electrons. The predicted molar refractivity (Wildman–Crippen MR) is 114 cm³/mol. The molecule has 26 heavy (non-hydrogen) atoms. The van der Waals surface area contributed by atoms with Crippen LogP contribution in [0.15, 0.2) is 41.9 Å². The van der Waals surface area contributed by atoms with Gasteiger partial charge in [0.15, 0.2) is 5.96 Å². The summed E-state index contributed by atoms with van der Waals surface area (Å²) >= 11 is 0. The first kappa shape index (κ1) is 22.2. The number of benzene rings is 1.